The van der Waals surface area contributed by atoms with E-state index in [0.717, 1.165) is 109 Å². The third kappa shape index (κ3) is 61.1. The molecule has 0 bridgehead atoms. The van der Waals surface area contributed by atoms with E-state index in [-0.39, 0.29) is 37.5 Å². The number of unbranched alkanes of at least 4 members (excludes halogenated alkanes) is 30. The smallest absolute Gasteiger partial charge is 0.306 e. The average Bonchev–Trinajstić information content (AvgIpc) is 3.41. The van der Waals surface area contributed by atoms with E-state index in [9.17, 15) is 14.4 Å². The zero-order valence-electron chi connectivity index (χ0n) is 49.3. The first kappa shape index (κ1) is 71.3. The highest BCUT2D eigenvalue weighted by Crippen LogP contribution is 2.16. The van der Waals surface area contributed by atoms with Crippen LogP contribution in [0.3, 0.4) is 0 Å². The lowest BCUT2D eigenvalue weighted by Gasteiger charge is -2.18. The summed E-state index contributed by atoms with van der Waals surface area (Å²) in [5, 5.41) is 0. The van der Waals surface area contributed by atoms with Gasteiger partial charge in [-0.2, -0.15) is 0 Å². The number of ether oxygens (including phenoxy) is 3. The summed E-state index contributed by atoms with van der Waals surface area (Å²) in [6, 6.07) is 0. The lowest BCUT2D eigenvalue weighted by Crippen LogP contribution is -2.30. The Hall–Kier alpha value is -3.67. The van der Waals surface area contributed by atoms with Crippen LogP contribution in [0.25, 0.3) is 0 Å². The summed E-state index contributed by atoms with van der Waals surface area (Å²) < 4.78 is 16.8. The number of rotatable bonds is 57. The predicted molar refractivity (Wildman–Crippen MR) is 325 cm³/mol. The molecule has 0 heterocycles. The Kier molecular flexibility index (Phi) is 59.8. The minimum Gasteiger partial charge on any atom is -0.462 e. The van der Waals surface area contributed by atoms with E-state index in [1.165, 1.54) is 154 Å². The van der Waals surface area contributed by atoms with Gasteiger partial charge in [0.2, 0.25) is 0 Å². The molecule has 430 valence electrons. The molecule has 6 nitrogen and oxygen atoms in total. The van der Waals surface area contributed by atoms with Crippen molar-refractivity contribution in [2.24, 2.45) is 0 Å². The Labute approximate surface area is 464 Å². The highest BCUT2D eigenvalue weighted by Gasteiger charge is 2.19. The van der Waals surface area contributed by atoms with Gasteiger partial charge in [0.05, 0.1) is 0 Å². The van der Waals surface area contributed by atoms with Gasteiger partial charge >= 0.3 is 17.9 Å². The molecule has 0 amide bonds. The number of hydrogen-bond donors (Lipinski definition) is 0. The predicted octanol–water partition coefficient (Wildman–Crippen LogP) is 21.7. The van der Waals surface area contributed by atoms with Gasteiger partial charge in [-0.3, -0.25) is 14.4 Å². The molecule has 0 saturated carbocycles. The molecule has 1 unspecified atom stereocenters. The van der Waals surface area contributed by atoms with E-state index >= 15 is 0 Å². The first-order valence-corrected chi connectivity index (χ1v) is 31.7. The molecular formula is C69H118O6. The normalized spacial score (nSPS) is 12.7. The molecule has 0 aliphatic heterocycles. The van der Waals surface area contributed by atoms with Crippen molar-refractivity contribution in [3.05, 3.63) is 97.2 Å². The summed E-state index contributed by atoms with van der Waals surface area (Å²) in [6.07, 6.45) is 84.3. The summed E-state index contributed by atoms with van der Waals surface area (Å²) >= 11 is 0. The van der Waals surface area contributed by atoms with E-state index < -0.39 is 6.10 Å². The molecular weight excluding hydrogens is 925 g/mol. The Balaban J connectivity index is 4.21. The first-order valence-electron chi connectivity index (χ1n) is 31.7. The minimum atomic E-state index is -0.794. The summed E-state index contributed by atoms with van der Waals surface area (Å²) in [7, 11) is 0. The second-order valence-electron chi connectivity index (χ2n) is 20.9. The Morgan fingerprint density at radius 2 is 0.520 bits per heavy atom. The highest BCUT2D eigenvalue weighted by molar-refractivity contribution is 5.71. The molecule has 1 atom stereocenters. The van der Waals surface area contributed by atoms with E-state index in [2.05, 4.69) is 118 Å². The van der Waals surface area contributed by atoms with Crippen molar-refractivity contribution < 1.29 is 28.6 Å². The van der Waals surface area contributed by atoms with Gasteiger partial charge in [-0.25, -0.2) is 0 Å². The van der Waals surface area contributed by atoms with Crippen molar-refractivity contribution in [2.45, 2.75) is 309 Å². The number of allylic oxidation sites excluding steroid dienone is 16. The molecule has 0 aromatic rings. The van der Waals surface area contributed by atoms with Crippen LogP contribution in [0, 0.1) is 0 Å². The molecule has 0 fully saturated rings. The van der Waals surface area contributed by atoms with Gasteiger partial charge in [-0.05, 0) is 103 Å². The van der Waals surface area contributed by atoms with Crippen LogP contribution in [0.2, 0.25) is 0 Å². The van der Waals surface area contributed by atoms with Gasteiger partial charge in [0.25, 0.3) is 0 Å². The van der Waals surface area contributed by atoms with Crippen LogP contribution in [0.1, 0.15) is 303 Å². The van der Waals surface area contributed by atoms with Crippen LogP contribution in [0.4, 0.5) is 0 Å². The zero-order chi connectivity index (χ0) is 54.3. The van der Waals surface area contributed by atoms with E-state index in [1.807, 2.05) is 0 Å². The van der Waals surface area contributed by atoms with Gasteiger partial charge in [0, 0.05) is 19.3 Å². The van der Waals surface area contributed by atoms with Crippen LogP contribution in [-0.4, -0.2) is 37.2 Å². The lowest BCUT2D eigenvalue weighted by atomic mass is 10.0. The van der Waals surface area contributed by atoms with Gasteiger partial charge in [0.15, 0.2) is 6.10 Å². The Bertz CT molecular complexity index is 1480. The fourth-order valence-electron chi connectivity index (χ4n) is 8.83. The topological polar surface area (TPSA) is 78.9 Å². The number of hydrogen-bond acceptors (Lipinski definition) is 6. The van der Waals surface area contributed by atoms with E-state index in [1.54, 1.807) is 0 Å². The molecule has 0 saturated heterocycles. The van der Waals surface area contributed by atoms with Crippen LogP contribution in [-0.2, 0) is 28.6 Å². The maximum absolute atomic E-state index is 12.9. The van der Waals surface area contributed by atoms with Crippen molar-refractivity contribution in [3.63, 3.8) is 0 Å². The molecule has 0 aliphatic carbocycles. The molecule has 75 heavy (non-hydrogen) atoms. The summed E-state index contributed by atoms with van der Waals surface area (Å²) in [5.74, 6) is -0.918. The van der Waals surface area contributed by atoms with Crippen molar-refractivity contribution in [2.75, 3.05) is 13.2 Å². The SMILES string of the molecule is CC/C=C\C/C=C\C/C=C\C/C=C\C/C=C\CCCCCC(=O)OC(COC(=O)CCCCCCCCCCC)COC(=O)CCCCCCCCCCCCCCCC/C=C\C/C=C\C/C=C\CCCCCCC. The summed E-state index contributed by atoms with van der Waals surface area (Å²) in [5.41, 5.74) is 0. The molecule has 0 radical (unpaired) electrons. The Morgan fingerprint density at radius 3 is 0.827 bits per heavy atom. The maximum Gasteiger partial charge on any atom is 0.306 e. The second kappa shape index (κ2) is 62.9. The highest BCUT2D eigenvalue weighted by atomic mass is 16.6. The number of esters is 3. The van der Waals surface area contributed by atoms with Crippen molar-refractivity contribution >= 4 is 17.9 Å². The van der Waals surface area contributed by atoms with E-state index in [0.29, 0.717) is 12.8 Å². The fourth-order valence-corrected chi connectivity index (χ4v) is 8.83. The molecule has 6 heteroatoms. The van der Waals surface area contributed by atoms with Crippen molar-refractivity contribution in [1.82, 2.24) is 0 Å². The lowest BCUT2D eigenvalue weighted by molar-refractivity contribution is -0.167. The molecule has 0 rings (SSSR count). The number of carbonyl (C=O) groups is 3. The average molecular weight is 1040 g/mol. The second-order valence-corrected chi connectivity index (χ2v) is 20.9. The van der Waals surface area contributed by atoms with Gasteiger partial charge < -0.3 is 14.2 Å². The molecule has 0 aromatic heterocycles. The van der Waals surface area contributed by atoms with Crippen molar-refractivity contribution in [1.29, 1.82) is 0 Å². The minimum absolute atomic E-state index is 0.0891. The number of carbonyl (C=O) groups excluding carboxylic acids is 3. The molecule has 0 aliphatic rings. The van der Waals surface area contributed by atoms with Crippen LogP contribution < -0.4 is 0 Å². The van der Waals surface area contributed by atoms with Crippen molar-refractivity contribution in [3.8, 4) is 0 Å². The van der Waals surface area contributed by atoms with Crippen LogP contribution in [0.5, 0.6) is 0 Å². The fraction of sp³-hybridized carbons (Fsp3) is 0.725. The Morgan fingerprint density at radius 1 is 0.280 bits per heavy atom. The quantitative estimate of drug-likeness (QED) is 0.0261. The summed E-state index contributed by atoms with van der Waals surface area (Å²) in [6.45, 7) is 6.48. The van der Waals surface area contributed by atoms with Gasteiger partial charge in [-0.15, -0.1) is 0 Å². The maximum atomic E-state index is 12.9. The monoisotopic (exact) mass is 1040 g/mol. The molecule has 0 aromatic carbocycles. The molecule has 0 N–H and O–H groups in total. The van der Waals surface area contributed by atoms with Crippen LogP contribution >= 0.6 is 0 Å². The largest absolute Gasteiger partial charge is 0.462 e. The molecule has 0 spiro atoms. The van der Waals surface area contributed by atoms with Crippen LogP contribution in [0.15, 0.2) is 97.2 Å². The van der Waals surface area contributed by atoms with E-state index in [4.69, 9.17) is 14.2 Å². The zero-order valence-corrected chi connectivity index (χ0v) is 49.3. The van der Waals surface area contributed by atoms with Gasteiger partial charge in [-0.1, -0.05) is 279 Å². The standard InChI is InChI=1S/C69H118O6/c1-4-7-10-13-16-19-21-23-25-27-29-30-31-32-33-34-35-36-37-38-40-41-43-45-47-50-53-56-59-62-68(71)74-65-66(64-73-67(70)61-58-55-52-49-18-15-12-9-6-3)75-69(72)63-60-57-54-51-48-46-44-42-39-28-26-24-22-20-17-14-11-8-5-2/h8,11,17,20-21,23-24,26-27,29,31-32,39,42,46,48,66H,4-7,9-10,12-16,18-19,22,25,28,30,33-38,40-41,43-45,47,49-65H2,1-3H3/b11-8-,20-17-,23-21-,26-24-,29-27-,32-31-,42-39-,48-46-. The van der Waals surface area contributed by atoms with Gasteiger partial charge in [0.1, 0.15) is 13.2 Å². The summed E-state index contributed by atoms with van der Waals surface area (Å²) in [4.78, 5) is 38.1. The third-order valence-corrected chi connectivity index (χ3v) is 13.6. The first-order chi connectivity index (χ1) is 37.0. The third-order valence-electron chi connectivity index (χ3n) is 13.6.